The molecule has 0 aliphatic rings. The average molecular weight is 400 g/mol. The molecule has 0 radical (unpaired) electrons. The Kier molecular flexibility index (Phi) is 6.40. The molecule has 1 N–H and O–H groups in total. The lowest BCUT2D eigenvalue weighted by Gasteiger charge is -2.05. The number of aryl methyl sites for hydroxylation is 1. The molecule has 0 unspecified atom stereocenters. The molecule has 0 aliphatic carbocycles. The van der Waals surface area contributed by atoms with E-state index in [9.17, 15) is 9.59 Å². The van der Waals surface area contributed by atoms with E-state index >= 15 is 0 Å². The number of rotatable bonds is 6. The van der Waals surface area contributed by atoms with E-state index in [1.807, 2.05) is 54.9 Å². The number of carbonyl (C=O) groups excluding carboxylic acids is 2. The number of carbonyl (C=O) groups is 2. The highest BCUT2D eigenvalue weighted by atomic mass is 16.5. The van der Waals surface area contributed by atoms with Crippen LogP contribution in [0.1, 0.15) is 22.5 Å². The van der Waals surface area contributed by atoms with Crippen LogP contribution >= 0.6 is 0 Å². The summed E-state index contributed by atoms with van der Waals surface area (Å²) in [6.07, 6.45) is 2.91. The molecule has 7 heteroatoms. The highest BCUT2D eigenvalue weighted by Crippen LogP contribution is 2.19. The second-order valence-corrected chi connectivity index (χ2v) is 6.51. The van der Waals surface area contributed by atoms with Gasteiger partial charge in [0.05, 0.1) is 23.0 Å². The third-order valence-electron chi connectivity index (χ3n) is 4.36. The van der Waals surface area contributed by atoms with Gasteiger partial charge in [0, 0.05) is 23.0 Å². The maximum atomic E-state index is 12.0. The van der Waals surface area contributed by atoms with Crippen molar-refractivity contribution in [3.8, 4) is 11.8 Å². The van der Waals surface area contributed by atoms with Crippen molar-refractivity contribution in [3.05, 3.63) is 83.2 Å². The number of nitrogens with one attached hydrogen (secondary N) is 1. The first kappa shape index (κ1) is 20.6. The molecule has 0 atom stereocenters. The number of amides is 1. The zero-order chi connectivity index (χ0) is 21.5. The van der Waals surface area contributed by atoms with E-state index in [1.54, 1.807) is 24.3 Å². The predicted molar refractivity (Wildman–Crippen MR) is 113 cm³/mol. The van der Waals surface area contributed by atoms with Gasteiger partial charge < -0.3 is 10.1 Å². The van der Waals surface area contributed by atoms with E-state index in [1.165, 1.54) is 12.1 Å². The lowest BCUT2D eigenvalue weighted by Crippen LogP contribution is -2.20. The monoisotopic (exact) mass is 400 g/mol. The summed E-state index contributed by atoms with van der Waals surface area (Å²) < 4.78 is 6.80. The van der Waals surface area contributed by atoms with Crippen LogP contribution in [0.25, 0.3) is 11.8 Å². The van der Waals surface area contributed by atoms with E-state index in [0.29, 0.717) is 11.3 Å². The predicted octanol–water partition coefficient (Wildman–Crippen LogP) is 3.56. The van der Waals surface area contributed by atoms with Crippen LogP contribution in [0.2, 0.25) is 0 Å². The number of anilines is 1. The fraction of sp³-hybridized carbons (Fsp3) is 0.130. The fourth-order valence-corrected chi connectivity index (χ4v) is 2.92. The number of nitriles is 1. The normalized spacial score (nSPS) is 10.6. The van der Waals surface area contributed by atoms with Gasteiger partial charge in [-0.1, -0.05) is 24.3 Å². The van der Waals surface area contributed by atoms with Crippen LogP contribution in [0.5, 0.6) is 0 Å². The Morgan fingerprint density at radius 2 is 1.93 bits per heavy atom. The molecule has 0 bridgehead atoms. The molecule has 150 valence electrons. The van der Waals surface area contributed by atoms with Gasteiger partial charge in [0.2, 0.25) is 0 Å². The largest absolute Gasteiger partial charge is 0.452 e. The number of esters is 1. The van der Waals surface area contributed by atoms with Gasteiger partial charge in [0.15, 0.2) is 6.61 Å². The molecule has 0 saturated heterocycles. The maximum Gasteiger partial charge on any atom is 0.331 e. The summed E-state index contributed by atoms with van der Waals surface area (Å²) >= 11 is 0. The molecule has 1 amide bonds. The second-order valence-electron chi connectivity index (χ2n) is 6.51. The number of hydrogen-bond acceptors (Lipinski definition) is 5. The highest BCUT2D eigenvalue weighted by molar-refractivity contribution is 5.94. The minimum Gasteiger partial charge on any atom is -0.452 e. The molecule has 3 aromatic rings. The molecule has 0 aliphatic heterocycles. The molecule has 0 saturated carbocycles. The number of para-hydroxylation sites is 1. The second kappa shape index (κ2) is 9.34. The summed E-state index contributed by atoms with van der Waals surface area (Å²) in [6.45, 7) is 3.35. The summed E-state index contributed by atoms with van der Waals surface area (Å²) in [4.78, 5) is 24.0. The van der Waals surface area contributed by atoms with Crippen molar-refractivity contribution in [1.82, 2.24) is 9.78 Å². The third-order valence-corrected chi connectivity index (χ3v) is 4.36. The number of benzene rings is 2. The van der Waals surface area contributed by atoms with Crippen LogP contribution in [-0.4, -0.2) is 28.3 Å². The first-order valence-electron chi connectivity index (χ1n) is 9.24. The Morgan fingerprint density at radius 1 is 1.17 bits per heavy atom. The Bertz CT molecular complexity index is 1140. The van der Waals surface area contributed by atoms with Crippen molar-refractivity contribution in [2.45, 2.75) is 13.8 Å². The van der Waals surface area contributed by atoms with Crippen LogP contribution in [-0.2, 0) is 14.3 Å². The zero-order valence-corrected chi connectivity index (χ0v) is 16.6. The van der Waals surface area contributed by atoms with E-state index in [-0.39, 0.29) is 0 Å². The van der Waals surface area contributed by atoms with E-state index in [0.717, 1.165) is 22.6 Å². The molecule has 2 aromatic carbocycles. The maximum absolute atomic E-state index is 12.0. The zero-order valence-electron chi connectivity index (χ0n) is 16.6. The molecular weight excluding hydrogens is 380 g/mol. The standard InChI is InChI=1S/C23H20N4O3/c1-16-21(17(2)27(26-16)20-9-4-3-5-10-20)11-12-23(29)30-15-22(28)25-19-8-6-7-18(13-19)14-24/h3-13H,15H2,1-2H3,(H,25,28)/b12-11+. The molecule has 1 aromatic heterocycles. The smallest absolute Gasteiger partial charge is 0.331 e. The Labute approximate surface area is 174 Å². The van der Waals surface area contributed by atoms with Crippen molar-refractivity contribution in [3.63, 3.8) is 0 Å². The van der Waals surface area contributed by atoms with Crippen molar-refractivity contribution in [2.24, 2.45) is 0 Å². The first-order chi connectivity index (χ1) is 14.5. The molecular formula is C23H20N4O3. The van der Waals surface area contributed by atoms with E-state index in [4.69, 9.17) is 10.00 Å². The first-order valence-corrected chi connectivity index (χ1v) is 9.24. The van der Waals surface area contributed by atoms with Gasteiger partial charge in [-0.05, 0) is 50.3 Å². The third kappa shape index (κ3) is 5.00. The Hall–Kier alpha value is -4.18. The topological polar surface area (TPSA) is 97.0 Å². The number of ether oxygens (including phenoxy) is 1. The van der Waals surface area contributed by atoms with Crippen LogP contribution < -0.4 is 5.32 Å². The molecule has 7 nitrogen and oxygen atoms in total. The minimum absolute atomic E-state index is 0.425. The minimum atomic E-state index is -0.637. The van der Waals surface area contributed by atoms with Crippen LogP contribution in [0.15, 0.2) is 60.7 Å². The van der Waals surface area contributed by atoms with Crippen molar-refractivity contribution in [1.29, 1.82) is 5.26 Å². The number of hydrogen-bond donors (Lipinski definition) is 1. The van der Waals surface area contributed by atoms with Crippen LogP contribution in [0, 0.1) is 25.2 Å². The quantitative estimate of drug-likeness (QED) is 0.504. The number of nitrogens with zero attached hydrogens (tertiary/aromatic N) is 3. The van der Waals surface area contributed by atoms with Gasteiger partial charge in [0.1, 0.15) is 0 Å². The van der Waals surface area contributed by atoms with Gasteiger partial charge >= 0.3 is 5.97 Å². The fourth-order valence-electron chi connectivity index (χ4n) is 2.92. The lowest BCUT2D eigenvalue weighted by atomic mass is 10.2. The van der Waals surface area contributed by atoms with Gasteiger partial charge in [0.25, 0.3) is 5.91 Å². The van der Waals surface area contributed by atoms with Crippen LogP contribution in [0.3, 0.4) is 0 Å². The summed E-state index contributed by atoms with van der Waals surface area (Å²) in [6, 6.07) is 18.2. The van der Waals surface area contributed by atoms with Crippen molar-refractivity contribution in [2.75, 3.05) is 11.9 Å². The summed E-state index contributed by atoms with van der Waals surface area (Å²) in [5, 5.41) is 16.0. The highest BCUT2D eigenvalue weighted by Gasteiger charge is 2.11. The number of aromatic nitrogens is 2. The molecule has 3 rings (SSSR count). The Balaban J connectivity index is 1.59. The molecule has 0 fully saturated rings. The van der Waals surface area contributed by atoms with Crippen molar-refractivity contribution < 1.29 is 14.3 Å². The SMILES string of the molecule is Cc1nn(-c2ccccc2)c(C)c1/C=C/C(=O)OCC(=O)Nc1cccc(C#N)c1. The van der Waals surface area contributed by atoms with Gasteiger partial charge in [-0.2, -0.15) is 10.4 Å². The Morgan fingerprint density at radius 3 is 2.67 bits per heavy atom. The molecule has 1 heterocycles. The van der Waals surface area contributed by atoms with Crippen molar-refractivity contribution >= 4 is 23.6 Å². The van der Waals surface area contributed by atoms with Gasteiger partial charge in [-0.25, -0.2) is 9.48 Å². The average Bonchev–Trinajstić information content (AvgIpc) is 3.05. The molecule has 0 spiro atoms. The van der Waals surface area contributed by atoms with E-state index in [2.05, 4.69) is 10.4 Å². The summed E-state index contributed by atoms with van der Waals surface area (Å²) in [7, 11) is 0. The van der Waals surface area contributed by atoms with Gasteiger partial charge in [-0.3, -0.25) is 4.79 Å². The summed E-state index contributed by atoms with van der Waals surface area (Å²) in [5.74, 6) is -1.13. The molecule has 30 heavy (non-hydrogen) atoms. The van der Waals surface area contributed by atoms with Crippen LogP contribution in [0.4, 0.5) is 5.69 Å². The summed E-state index contributed by atoms with van der Waals surface area (Å²) in [5.41, 5.74) is 4.29. The van der Waals surface area contributed by atoms with E-state index < -0.39 is 18.5 Å². The lowest BCUT2D eigenvalue weighted by molar-refractivity contribution is -0.142. The van der Waals surface area contributed by atoms with Gasteiger partial charge in [-0.15, -0.1) is 0 Å².